The topological polar surface area (TPSA) is 17.1 Å². The highest BCUT2D eigenvalue weighted by molar-refractivity contribution is 6.61. The van der Waals surface area contributed by atoms with E-state index in [1.807, 2.05) is 0 Å². The molecule has 0 saturated heterocycles. The van der Waals surface area contributed by atoms with Crippen LogP contribution in [0, 0.1) is 35.5 Å². The van der Waals surface area contributed by atoms with Crippen molar-refractivity contribution in [1.29, 1.82) is 0 Å². The van der Waals surface area contributed by atoms with Crippen molar-refractivity contribution >= 4 is 63.8 Å². The van der Waals surface area contributed by atoms with Crippen LogP contribution in [0.1, 0.15) is 6.42 Å². The fourth-order valence-electron chi connectivity index (χ4n) is 6.21. The Morgan fingerprint density at radius 3 is 2.33 bits per heavy atom. The van der Waals surface area contributed by atoms with Gasteiger partial charge < -0.3 is 0 Å². The molecular formula is C12H9Cl5O. The maximum Gasteiger partial charge on any atom is 0.158 e. The Morgan fingerprint density at radius 2 is 1.67 bits per heavy atom. The first kappa shape index (κ1) is 11.7. The monoisotopic (exact) mass is 344 g/mol. The molecule has 98 valence electrons. The molecule has 1 nitrogen and oxygen atoms in total. The summed E-state index contributed by atoms with van der Waals surface area (Å²) in [6, 6.07) is 0. The molecule has 5 aliphatic carbocycles. The second-order valence-electron chi connectivity index (χ2n) is 6.52. The van der Waals surface area contributed by atoms with Crippen molar-refractivity contribution in [1.82, 2.24) is 0 Å². The number of Topliss-reactive ketones (excluding diaryl/α,β-unsaturated/α-hetero) is 1. The lowest BCUT2D eigenvalue weighted by atomic mass is 9.76. The number of hydrogen-bond donors (Lipinski definition) is 0. The fraction of sp³-hybridized carbons (Fsp3) is 0.917. The van der Waals surface area contributed by atoms with Gasteiger partial charge in [-0.2, -0.15) is 0 Å². The number of ketones is 1. The third kappa shape index (κ3) is 0.711. The van der Waals surface area contributed by atoms with Crippen LogP contribution in [0.25, 0.3) is 0 Å². The number of fused-ring (bicyclic) bond motifs is 5. The van der Waals surface area contributed by atoms with Crippen LogP contribution in [0.2, 0.25) is 0 Å². The van der Waals surface area contributed by atoms with Gasteiger partial charge in [-0.05, 0) is 24.2 Å². The summed E-state index contributed by atoms with van der Waals surface area (Å²) < 4.78 is -1.23. The highest BCUT2D eigenvalue weighted by Gasteiger charge is 2.95. The van der Waals surface area contributed by atoms with Gasteiger partial charge in [-0.3, -0.25) is 4.79 Å². The van der Waals surface area contributed by atoms with E-state index in [9.17, 15) is 4.79 Å². The minimum atomic E-state index is -1.23. The zero-order chi connectivity index (χ0) is 12.8. The summed E-state index contributed by atoms with van der Waals surface area (Å²) in [6.45, 7) is 0. The molecule has 5 fully saturated rings. The van der Waals surface area contributed by atoms with Gasteiger partial charge >= 0.3 is 0 Å². The molecular weight excluding hydrogens is 337 g/mol. The first-order valence-corrected chi connectivity index (χ1v) is 8.18. The number of hydrogen-bond acceptors (Lipinski definition) is 1. The second kappa shape index (κ2) is 2.73. The highest BCUT2D eigenvalue weighted by atomic mass is 35.5. The summed E-state index contributed by atoms with van der Waals surface area (Å²) >= 11 is 33.4. The van der Waals surface area contributed by atoms with E-state index in [4.69, 9.17) is 58.0 Å². The van der Waals surface area contributed by atoms with Gasteiger partial charge in [0.15, 0.2) is 4.33 Å². The van der Waals surface area contributed by atoms with Gasteiger partial charge in [-0.25, -0.2) is 0 Å². The molecule has 2 unspecified atom stereocenters. The Balaban J connectivity index is 1.91. The van der Waals surface area contributed by atoms with E-state index in [-0.39, 0.29) is 29.6 Å². The molecule has 0 aliphatic heterocycles. The molecule has 0 aromatic rings. The number of alkyl halides is 5. The molecule has 5 saturated carbocycles. The van der Waals surface area contributed by atoms with Crippen molar-refractivity contribution in [2.45, 2.75) is 25.9 Å². The lowest BCUT2D eigenvalue weighted by Crippen LogP contribution is -2.48. The molecule has 18 heavy (non-hydrogen) atoms. The minimum Gasteiger partial charge on any atom is -0.299 e. The van der Waals surface area contributed by atoms with Crippen molar-refractivity contribution in [2.75, 3.05) is 0 Å². The van der Waals surface area contributed by atoms with E-state index in [1.54, 1.807) is 0 Å². The van der Waals surface area contributed by atoms with Crippen LogP contribution >= 0.6 is 58.0 Å². The quantitative estimate of drug-likeness (QED) is 0.614. The smallest absolute Gasteiger partial charge is 0.158 e. The van der Waals surface area contributed by atoms with Crippen molar-refractivity contribution in [3.05, 3.63) is 0 Å². The Bertz CT molecular complexity index is 511. The van der Waals surface area contributed by atoms with E-state index in [0.717, 1.165) is 6.42 Å². The zero-order valence-electron chi connectivity index (χ0n) is 9.05. The third-order valence-corrected chi connectivity index (χ3v) is 10.4. The molecule has 6 heteroatoms. The van der Waals surface area contributed by atoms with E-state index in [1.165, 1.54) is 0 Å². The lowest BCUT2D eigenvalue weighted by Gasteiger charge is -2.37. The molecule has 5 rings (SSSR count). The van der Waals surface area contributed by atoms with Crippen molar-refractivity contribution < 1.29 is 4.79 Å². The summed E-state index contributed by atoms with van der Waals surface area (Å²) in [6.07, 6.45) is 0.908. The Labute approximate surface area is 129 Å². The maximum absolute atomic E-state index is 12.4. The standard InChI is InChI=1S/C12H9Cl5O/c13-9-7-4-2-1-3(8(4)18)6-5(2)10(7,14)12(16,17)11(6,9)15/h2-7,9H,1H2/t2-,3-,4+,5+,6?,7+,9?,10+,11+/m0/s1. The third-order valence-electron chi connectivity index (χ3n) is 6.48. The molecule has 9 atom stereocenters. The molecule has 0 spiro atoms. The second-order valence-corrected chi connectivity index (χ2v) is 9.57. The van der Waals surface area contributed by atoms with Crippen LogP contribution in [0.4, 0.5) is 0 Å². The van der Waals surface area contributed by atoms with Crippen LogP contribution in [0.15, 0.2) is 0 Å². The summed E-state index contributed by atoms with van der Waals surface area (Å²) in [5.41, 5.74) is 0. The highest BCUT2D eigenvalue weighted by Crippen LogP contribution is 2.88. The largest absolute Gasteiger partial charge is 0.299 e. The van der Waals surface area contributed by atoms with Crippen molar-refractivity contribution in [3.8, 4) is 0 Å². The van der Waals surface area contributed by atoms with Crippen molar-refractivity contribution in [2.24, 2.45) is 35.5 Å². The van der Waals surface area contributed by atoms with Gasteiger partial charge in [0, 0.05) is 17.8 Å². The zero-order valence-corrected chi connectivity index (χ0v) is 12.8. The number of halogens is 5. The van der Waals surface area contributed by atoms with Gasteiger partial charge in [0.25, 0.3) is 0 Å². The van der Waals surface area contributed by atoms with Crippen molar-refractivity contribution in [3.63, 3.8) is 0 Å². The maximum atomic E-state index is 12.4. The van der Waals surface area contributed by atoms with Gasteiger partial charge in [0.1, 0.15) is 5.78 Å². The van der Waals surface area contributed by atoms with Gasteiger partial charge in [-0.15, -0.1) is 34.8 Å². The average molecular weight is 346 g/mol. The first-order valence-electron chi connectivity index (χ1n) is 6.23. The molecule has 0 radical (unpaired) electrons. The summed E-state index contributed by atoms with van der Waals surface area (Å²) in [5, 5.41) is -0.405. The normalized spacial score (nSPS) is 72.9. The Morgan fingerprint density at radius 1 is 1.00 bits per heavy atom. The predicted molar refractivity (Wildman–Crippen MR) is 71.8 cm³/mol. The van der Waals surface area contributed by atoms with E-state index >= 15 is 0 Å². The fourth-order valence-corrected chi connectivity index (χ4v) is 9.39. The van der Waals surface area contributed by atoms with Crippen LogP contribution < -0.4 is 0 Å². The molecule has 4 bridgehead atoms. The Hall–Kier alpha value is 1.12. The van der Waals surface area contributed by atoms with Crippen LogP contribution in [0.3, 0.4) is 0 Å². The molecule has 0 aromatic carbocycles. The lowest BCUT2D eigenvalue weighted by molar-refractivity contribution is -0.127. The SMILES string of the molecule is O=C1[C@@H]2[C@@H]3C[C@H]1C1[C@@H]3[C@@]3(Cl)[C@H]2C(Cl)[C@@]1(Cl)C3(Cl)Cl. The molecule has 0 N–H and O–H groups in total. The van der Waals surface area contributed by atoms with Gasteiger partial charge in [-0.1, -0.05) is 23.2 Å². The van der Waals surface area contributed by atoms with Crippen LogP contribution in [0.5, 0.6) is 0 Å². The van der Waals surface area contributed by atoms with Crippen LogP contribution in [-0.2, 0) is 4.79 Å². The number of rotatable bonds is 0. The molecule has 0 heterocycles. The average Bonchev–Trinajstić information content (AvgIpc) is 2.90. The Kier molecular flexibility index (Phi) is 1.78. The van der Waals surface area contributed by atoms with E-state index in [0.29, 0.717) is 11.7 Å². The minimum absolute atomic E-state index is 0.0197. The molecule has 5 aliphatic rings. The number of carbonyl (C=O) groups excluding carboxylic acids is 1. The van der Waals surface area contributed by atoms with Gasteiger partial charge in [0.2, 0.25) is 0 Å². The summed E-state index contributed by atoms with van der Waals surface area (Å²) in [4.78, 5) is 10.7. The molecule has 0 amide bonds. The first-order chi connectivity index (χ1) is 8.29. The van der Waals surface area contributed by atoms with E-state index < -0.39 is 19.5 Å². The van der Waals surface area contributed by atoms with Gasteiger partial charge in [0.05, 0.1) is 15.1 Å². The molecule has 0 aromatic heterocycles. The summed E-state index contributed by atoms with van der Waals surface area (Å²) in [7, 11) is 0. The number of carbonyl (C=O) groups is 1. The van der Waals surface area contributed by atoms with Crippen LogP contribution in [-0.4, -0.2) is 25.2 Å². The predicted octanol–water partition coefficient (Wildman–Crippen LogP) is 3.45. The summed E-state index contributed by atoms with van der Waals surface area (Å²) in [5.74, 6) is 0.493. The van der Waals surface area contributed by atoms with E-state index in [2.05, 4.69) is 0 Å².